The van der Waals surface area contributed by atoms with Crippen LogP contribution in [0.4, 0.5) is 0 Å². The lowest BCUT2D eigenvalue weighted by molar-refractivity contribution is -0.126. The second-order valence-corrected chi connectivity index (χ2v) is 4.35. The molecule has 0 aliphatic rings. The minimum Gasteiger partial charge on any atom is -0.394 e. The molecule has 96 valence electrons. The summed E-state index contributed by atoms with van der Waals surface area (Å²) in [5.74, 6) is -0.244. The fourth-order valence-corrected chi connectivity index (χ4v) is 1.30. The second-order valence-electron chi connectivity index (χ2n) is 4.35. The van der Waals surface area contributed by atoms with Crippen LogP contribution in [0.1, 0.15) is 33.6 Å². The molecule has 5 nitrogen and oxygen atoms in total. The van der Waals surface area contributed by atoms with Crippen molar-refractivity contribution in [3.8, 4) is 0 Å². The smallest absolute Gasteiger partial charge is 0.237 e. The zero-order valence-electron chi connectivity index (χ0n) is 10.4. The van der Waals surface area contributed by atoms with Crippen molar-refractivity contribution in [2.45, 2.75) is 45.2 Å². The highest BCUT2D eigenvalue weighted by atomic mass is 16.3. The molecule has 0 aliphatic carbocycles. The third-order valence-electron chi connectivity index (χ3n) is 3.23. The number of carbonyl (C=O) groups is 1. The highest BCUT2D eigenvalue weighted by Gasteiger charge is 2.31. The van der Waals surface area contributed by atoms with Crippen molar-refractivity contribution in [3.63, 3.8) is 0 Å². The Morgan fingerprint density at radius 2 is 1.88 bits per heavy atom. The van der Waals surface area contributed by atoms with E-state index < -0.39 is 11.6 Å². The monoisotopic (exact) mass is 232 g/mol. The van der Waals surface area contributed by atoms with Crippen molar-refractivity contribution >= 4 is 5.91 Å². The quantitative estimate of drug-likeness (QED) is 0.481. The zero-order chi connectivity index (χ0) is 12.8. The van der Waals surface area contributed by atoms with Crippen LogP contribution in [0, 0.1) is 5.92 Å². The molecule has 1 unspecified atom stereocenters. The van der Waals surface area contributed by atoms with Crippen molar-refractivity contribution in [1.29, 1.82) is 0 Å². The number of carbonyl (C=O) groups excluding carboxylic acids is 1. The Morgan fingerprint density at radius 1 is 1.38 bits per heavy atom. The molecule has 0 spiro atoms. The number of aliphatic hydroxyl groups excluding tert-OH is 2. The van der Waals surface area contributed by atoms with E-state index in [0.29, 0.717) is 6.42 Å². The van der Waals surface area contributed by atoms with Crippen LogP contribution >= 0.6 is 0 Å². The Balaban J connectivity index is 4.52. The average Bonchev–Trinajstić information content (AvgIpc) is 2.33. The Labute approximate surface area is 97.0 Å². The Kier molecular flexibility index (Phi) is 6.55. The van der Waals surface area contributed by atoms with Gasteiger partial charge in [-0.2, -0.15) is 0 Å². The van der Waals surface area contributed by atoms with Crippen LogP contribution in [0.3, 0.4) is 0 Å². The first kappa shape index (κ1) is 15.3. The van der Waals surface area contributed by atoms with Crippen molar-refractivity contribution in [2.24, 2.45) is 11.7 Å². The maximum atomic E-state index is 11.8. The number of aliphatic hydroxyl groups is 2. The molecule has 2 atom stereocenters. The number of hydrogen-bond donors (Lipinski definition) is 4. The van der Waals surface area contributed by atoms with Gasteiger partial charge in [0.25, 0.3) is 0 Å². The van der Waals surface area contributed by atoms with Gasteiger partial charge in [-0.15, -0.1) is 0 Å². The lowest BCUT2D eigenvalue weighted by Crippen LogP contribution is -2.58. The third-order valence-corrected chi connectivity index (χ3v) is 3.23. The first-order valence-electron chi connectivity index (χ1n) is 5.75. The van der Waals surface area contributed by atoms with Gasteiger partial charge in [0.15, 0.2) is 0 Å². The molecule has 1 amide bonds. The van der Waals surface area contributed by atoms with Gasteiger partial charge >= 0.3 is 0 Å². The van der Waals surface area contributed by atoms with E-state index in [1.807, 2.05) is 13.8 Å². The van der Waals surface area contributed by atoms with Crippen LogP contribution in [0.15, 0.2) is 0 Å². The van der Waals surface area contributed by atoms with Crippen LogP contribution in [-0.4, -0.2) is 40.9 Å². The molecule has 0 saturated heterocycles. The molecule has 0 saturated carbocycles. The van der Waals surface area contributed by atoms with E-state index in [2.05, 4.69) is 5.32 Å². The number of rotatable bonds is 7. The van der Waals surface area contributed by atoms with E-state index >= 15 is 0 Å². The third kappa shape index (κ3) is 3.73. The van der Waals surface area contributed by atoms with E-state index in [-0.39, 0.29) is 25.0 Å². The molecular formula is C11H24N2O3. The number of amides is 1. The minimum atomic E-state index is -0.956. The van der Waals surface area contributed by atoms with Crippen LogP contribution in [0.2, 0.25) is 0 Å². The molecule has 0 radical (unpaired) electrons. The number of nitrogens with two attached hydrogens (primary N) is 1. The predicted molar refractivity (Wildman–Crippen MR) is 62.8 cm³/mol. The van der Waals surface area contributed by atoms with Gasteiger partial charge in [0.1, 0.15) is 0 Å². The summed E-state index contributed by atoms with van der Waals surface area (Å²) < 4.78 is 0. The average molecular weight is 232 g/mol. The van der Waals surface area contributed by atoms with Gasteiger partial charge in [0, 0.05) is 0 Å². The van der Waals surface area contributed by atoms with Gasteiger partial charge in [-0.1, -0.05) is 27.2 Å². The summed E-state index contributed by atoms with van der Waals surface area (Å²) in [5, 5.41) is 21.0. The molecule has 0 bridgehead atoms. The molecule has 5 N–H and O–H groups in total. The maximum absolute atomic E-state index is 11.8. The molecule has 0 aromatic heterocycles. The van der Waals surface area contributed by atoms with Crippen molar-refractivity contribution in [3.05, 3.63) is 0 Å². The molecule has 0 aromatic carbocycles. The largest absolute Gasteiger partial charge is 0.394 e. The van der Waals surface area contributed by atoms with Gasteiger partial charge in [-0.3, -0.25) is 4.79 Å². The zero-order valence-corrected chi connectivity index (χ0v) is 10.4. The fourth-order valence-electron chi connectivity index (χ4n) is 1.30. The maximum Gasteiger partial charge on any atom is 0.237 e. The van der Waals surface area contributed by atoms with Crippen molar-refractivity contribution in [1.82, 2.24) is 5.32 Å². The van der Waals surface area contributed by atoms with Gasteiger partial charge in [-0.05, 0) is 12.3 Å². The SMILES string of the molecule is CCC(C)[C@H](N)C(=O)NC(CC)(CO)CO. The molecule has 0 fully saturated rings. The Morgan fingerprint density at radius 3 is 2.19 bits per heavy atom. The summed E-state index contributed by atoms with van der Waals surface area (Å²) in [6, 6.07) is -0.603. The summed E-state index contributed by atoms with van der Waals surface area (Å²) in [5.41, 5.74) is 4.81. The lowest BCUT2D eigenvalue weighted by Gasteiger charge is -2.31. The summed E-state index contributed by atoms with van der Waals surface area (Å²) in [6.45, 7) is 5.07. The van der Waals surface area contributed by atoms with Crippen molar-refractivity contribution < 1.29 is 15.0 Å². The van der Waals surface area contributed by atoms with Crippen molar-refractivity contribution in [2.75, 3.05) is 13.2 Å². The summed E-state index contributed by atoms with van der Waals surface area (Å²) in [6.07, 6.45) is 1.27. The topological polar surface area (TPSA) is 95.6 Å². The molecule has 5 heteroatoms. The molecular weight excluding hydrogens is 208 g/mol. The normalized spacial score (nSPS) is 15.6. The summed E-state index contributed by atoms with van der Waals surface area (Å²) >= 11 is 0. The van der Waals surface area contributed by atoms with E-state index in [0.717, 1.165) is 6.42 Å². The summed E-state index contributed by atoms with van der Waals surface area (Å²) in [4.78, 5) is 11.8. The Bertz CT molecular complexity index is 209. The Hall–Kier alpha value is -0.650. The van der Waals surface area contributed by atoms with Gasteiger partial charge in [-0.25, -0.2) is 0 Å². The molecule has 0 aliphatic heterocycles. The minimum absolute atomic E-state index is 0.0759. The molecule has 0 aromatic rings. The number of nitrogens with one attached hydrogen (secondary N) is 1. The van der Waals surface area contributed by atoms with Gasteiger partial charge in [0.2, 0.25) is 5.91 Å². The van der Waals surface area contributed by atoms with Crippen LogP contribution in [0.25, 0.3) is 0 Å². The molecule has 0 rings (SSSR count). The van der Waals surface area contributed by atoms with E-state index in [4.69, 9.17) is 5.73 Å². The van der Waals surface area contributed by atoms with Crippen LogP contribution < -0.4 is 11.1 Å². The second kappa shape index (κ2) is 6.83. The first-order chi connectivity index (χ1) is 7.46. The number of hydrogen-bond acceptors (Lipinski definition) is 4. The highest BCUT2D eigenvalue weighted by molar-refractivity contribution is 5.82. The predicted octanol–water partition coefficient (Wildman–Crippen LogP) is -0.391. The lowest BCUT2D eigenvalue weighted by atomic mass is 9.95. The van der Waals surface area contributed by atoms with E-state index in [9.17, 15) is 15.0 Å². The van der Waals surface area contributed by atoms with E-state index in [1.165, 1.54) is 0 Å². The molecule has 16 heavy (non-hydrogen) atoms. The molecule has 0 heterocycles. The van der Waals surface area contributed by atoms with Crippen LogP contribution in [0.5, 0.6) is 0 Å². The first-order valence-corrected chi connectivity index (χ1v) is 5.75. The van der Waals surface area contributed by atoms with Gasteiger partial charge in [0.05, 0.1) is 24.8 Å². The summed E-state index contributed by atoms with van der Waals surface area (Å²) in [7, 11) is 0. The standard InChI is InChI=1S/C11H24N2O3/c1-4-8(3)9(12)10(16)13-11(5-2,6-14)7-15/h8-9,14-15H,4-7,12H2,1-3H3,(H,13,16)/t8?,9-/m0/s1. The van der Waals surface area contributed by atoms with E-state index in [1.54, 1.807) is 6.92 Å². The van der Waals surface area contributed by atoms with Gasteiger partial charge < -0.3 is 21.3 Å². The van der Waals surface area contributed by atoms with Crippen LogP contribution in [-0.2, 0) is 4.79 Å². The highest BCUT2D eigenvalue weighted by Crippen LogP contribution is 2.11. The fraction of sp³-hybridized carbons (Fsp3) is 0.909.